The fraction of sp³-hybridized carbons (Fsp3) is 0.529. The number of phenols is 1. The number of nitrogens with one attached hydrogen (secondary N) is 1. The SMILES string of the molecule is COCCOCC(=O)NC1CCN(C(=O)c2cccc(O)c2)CC1. The van der Waals surface area contributed by atoms with Gasteiger partial charge in [0.05, 0.1) is 13.2 Å². The van der Waals surface area contributed by atoms with Crippen molar-refractivity contribution in [3.8, 4) is 5.75 Å². The number of phenolic OH excluding ortho intramolecular Hbond substituents is 1. The van der Waals surface area contributed by atoms with E-state index in [2.05, 4.69) is 5.32 Å². The molecular weight excluding hydrogens is 312 g/mol. The molecule has 0 radical (unpaired) electrons. The van der Waals surface area contributed by atoms with E-state index in [0.717, 1.165) is 0 Å². The zero-order valence-electron chi connectivity index (χ0n) is 13.9. The number of methoxy groups -OCH3 is 1. The van der Waals surface area contributed by atoms with Crippen molar-refractivity contribution in [3.63, 3.8) is 0 Å². The van der Waals surface area contributed by atoms with Gasteiger partial charge in [0.1, 0.15) is 12.4 Å². The number of carbonyl (C=O) groups excluding carboxylic acids is 2. The van der Waals surface area contributed by atoms with E-state index >= 15 is 0 Å². The third-order valence-electron chi connectivity index (χ3n) is 3.91. The zero-order chi connectivity index (χ0) is 17.4. The molecule has 1 aliphatic heterocycles. The van der Waals surface area contributed by atoms with Gasteiger partial charge in [-0.15, -0.1) is 0 Å². The first-order valence-corrected chi connectivity index (χ1v) is 8.04. The number of piperidine rings is 1. The first-order chi connectivity index (χ1) is 11.6. The highest BCUT2D eigenvalue weighted by Crippen LogP contribution is 2.17. The number of hydrogen-bond acceptors (Lipinski definition) is 5. The van der Waals surface area contributed by atoms with Gasteiger partial charge in [0.25, 0.3) is 5.91 Å². The average molecular weight is 336 g/mol. The second-order valence-electron chi connectivity index (χ2n) is 5.73. The third kappa shape index (κ3) is 5.50. The normalized spacial score (nSPS) is 15.3. The molecule has 1 fully saturated rings. The fourth-order valence-corrected chi connectivity index (χ4v) is 2.62. The van der Waals surface area contributed by atoms with Gasteiger partial charge in [0, 0.05) is 31.8 Å². The van der Waals surface area contributed by atoms with Crippen LogP contribution in [0.2, 0.25) is 0 Å². The Balaban J connectivity index is 1.73. The van der Waals surface area contributed by atoms with E-state index in [4.69, 9.17) is 9.47 Å². The Labute approximate surface area is 141 Å². The molecule has 2 amide bonds. The molecule has 2 N–H and O–H groups in total. The number of carbonyl (C=O) groups is 2. The van der Waals surface area contributed by atoms with Gasteiger partial charge in [-0.25, -0.2) is 0 Å². The molecule has 1 saturated heterocycles. The van der Waals surface area contributed by atoms with Gasteiger partial charge >= 0.3 is 0 Å². The molecule has 1 heterocycles. The van der Waals surface area contributed by atoms with Crippen molar-refractivity contribution in [2.24, 2.45) is 0 Å². The summed E-state index contributed by atoms with van der Waals surface area (Å²) in [4.78, 5) is 25.9. The Hall–Kier alpha value is -2.12. The number of aromatic hydroxyl groups is 1. The van der Waals surface area contributed by atoms with Crippen LogP contribution < -0.4 is 5.32 Å². The van der Waals surface area contributed by atoms with Gasteiger partial charge in [-0.05, 0) is 31.0 Å². The highest BCUT2D eigenvalue weighted by Gasteiger charge is 2.24. The highest BCUT2D eigenvalue weighted by atomic mass is 16.5. The van der Waals surface area contributed by atoms with Crippen molar-refractivity contribution in [1.29, 1.82) is 0 Å². The van der Waals surface area contributed by atoms with E-state index in [1.807, 2.05) is 0 Å². The van der Waals surface area contributed by atoms with Crippen LogP contribution in [-0.4, -0.2) is 67.9 Å². The smallest absolute Gasteiger partial charge is 0.253 e. The van der Waals surface area contributed by atoms with Gasteiger partial charge < -0.3 is 24.8 Å². The highest BCUT2D eigenvalue weighted by molar-refractivity contribution is 5.94. The van der Waals surface area contributed by atoms with Gasteiger partial charge in [-0.1, -0.05) is 6.07 Å². The molecular formula is C17H24N2O5. The van der Waals surface area contributed by atoms with E-state index in [9.17, 15) is 14.7 Å². The lowest BCUT2D eigenvalue weighted by Gasteiger charge is -2.32. The summed E-state index contributed by atoms with van der Waals surface area (Å²) in [7, 11) is 1.58. The van der Waals surface area contributed by atoms with Crippen molar-refractivity contribution in [3.05, 3.63) is 29.8 Å². The van der Waals surface area contributed by atoms with Crippen LogP contribution in [0, 0.1) is 0 Å². The van der Waals surface area contributed by atoms with E-state index in [0.29, 0.717) is 44.7 Å². The Morgan fingerprint density at radius 3 is 2.71 bits per heavy atom. The molecule has 2 rings (SSSR count). The maximum absolute atomic E-state index is 12.4. The number of amides is 2. The second kappa shape index (κ2) is 9.24. The number of rotatable bonds is 7. The van der Waals surface area contributed by atoms with E-state index in [1.165, 1.54) is 12.1 Å². The van der Waals surface area contributed by atoms with Crippen LogP contribution in [0.5, 0.6) is 5.75 Å². The molecule has 132 valence electrons. The Bertz CT molecular complexity index is 556. The Morgan fingerprint density at radius 2 is 2.04 bits per heavy atom. The summed E-state index contributed by atoms with van der Waals surface area (Å²) >= 11 is 0. The van der Waals surface area contributed by atoms with Crippen molar-refractivity contribution in [2.75, 3.05) is 40.0 Å². The van der Waals surface area contributed by atoms with Crippen LogP contribution in [0.1, 0.15) is 23.2 Å². The lowest BCUT2D eigenvalue weighted by Crippen LogP contribution is -2.47. The lowest BCUT2D eigenvalue weighted by molar-refractivity contribution is -0.127. The molecule has 0 aromatic heterocycles. The molecule has 0 saturated carbocycles. The first kappa shape index (κ1) is 18.2. The largest absolute Gasteiger partial charge is 0.508 e. The maximum Gasteiger partial charge on any atom is 0.253 e. The summed E-state index contributed by atoms with van der Waals surface area (Å²) < 4.78 is 10.0. The number of benzene rings is 1. The summed E-state index contributed by atoms with van der Waals surface area (Å²) in [6, 6.07) is 6.39. The maximum atomic E-state index is 12.4. The molecule has 0 unspecified atom stereocenters. The molecule has 24 heavy (non-hydrogen) atoms. The van der Waals surface area contributed by atoms with E-state index < -0.39 is 0 Å². The van der Waals surface area contributed by atoms with E-state index in [1.54, 1.807) is 24.1 Å². The molecule has 7 nitrogen and oxygen atoms in total. The van der Waals surface area contributed by atoms with Crippen LogP contribution in [0.25, 0.3) is 0 Å². The number of nitrogens with zero attached hydrogens (tertiary/aromatic N) is 1. The summed E-state index contributed by atoms with van der Waals surface area (Å²) in [5.41, 5.74) is 0.476. The average Bonchev–Trinajstić information content (AvgIpc) is 2.59. The summed E-state index contributed by atoms with van der Waals surface area (Å²) in [6.45, 7) is 2.02. The summed E-state index contributed by atoms with van der Waals surface area (Å²) in [6.07, 6.45) is 1.41. The second-order valence-corrected chi connectivity index (χ2v) is 5.73. The van der Waals surface area contributed by atoms with Crippen LogP contribution in [-0.2, 0) is 14.3 Å². The number of ether oxygens (including phenoxy) is 2. The topological polar surface area (TPSA) is 88.1 Å². The van der Waals surface area contributed by atoms with Crippen LogP contribution >= 0.6 is 0 Å². The quantitative estimate of drug-likeness (QED) is 0.718. The fourth-order valence-electron chi connectivity index (χ4n) is 2.62. The standard InChI is InChI=1S/C17H24N2O5/c1-23-9-10-24-12-16(21)18-14-5-7-19(8-6-14)17(22)13-3-2-4-15(20)11-13/h2-4,11,14,20H,5-10,12H2,1H3,(H,18,21). The van der Waals surface area contributed by atoms with Gasteiger partial charge in [-0.2, -0.15) is 0 Å². The molecule has 0 atom stereocenters. The molecule has 0 spiro atoms. The van der Waals surface area contributed by atoms with Gasteiger partial charge in [0.2, 0.25) is 5.91 Å². The van der Waals surface area contributed by atoms with Crippen LogP contribution in [0.15, 0.2) is 24.3 Å². The molecule has 1 aliphatic rings. The molecule has 0 aliphatic carbocycles. The Morgan fingerprint density at radius 1 is 1.29 bits per heavy atom. The monoisotopic (exact) mass is 336 g/mol. The van der Waals surface area contributed by atoms with Gasteiger partial charge in [0.15, 0.2) is 0 Å². The summed E-state index contributed by atoms with van der Waals surface area (Å²) in [5, 5.41) is 12.4. The Kier molecular flexibility index (Phi) is 7.02. The summed E-state index contributed by atoms with van der Waals surface area (Å²) in [5.74, 6) is -0.168. The first-order valence-electron chi connectivity index (χ1n) is 8.04. The molecule has 1 aromatic rings. The minimum absolute atomic E-state index is 0.0196. The van der Waals surface area contributed by atoms with E-state index in [-0.39, 0.29) is 30.2 Å². The molecule has 7 heteroatoms. The minimum atomic E-state index is -0.149. The van der Waals surface area contributed by atoms with Crippen LogP contribution in [0.3, 0.4) is 0 Å². The minimum Gasteiger partial charge on any atom is -0.508 e. The third-order valence-corrected chi connectivity index (χ3v) is 3.91. The van der Waals surface area contributed by atoms with Gasteiger partial charge in [-0.3, -0.25) is 9.59 Å². The van der Waals surface area contributed by atoms with Crippen molar-refractivity contribution >= 4 is 11.8 Å². The predicted molar refractivity (Wildman–Crippen MR) is 87.9 cm³/mol. The number of hydrogen-bond donors (Lipinski definition) is 2. The number of likely N-dealkylation sites (tertiary alicyclic amines) is 1. The van der Waals surface area contributed by atoms with Crippen molar-refractivity contribution in [1.82, 2.24) is 10.2 Å². The molecule has 1 aromatic carbocycles. The van der Waals surface area contributed by atoms with Crippen molar-refractivity contribution in [2.45, 2.75) is 18.9 Å². The predicted octanol–water partition coefficient (Wildman–Crippen LogP) is 0.776. The van der Waals surface area contributed by atoms with Crippen molar-refractivity contribution < 1.29 is 24.2 Å². The zero-order valence-corrected chi connectivity index (χ0v) is 13.9. The lowest BCUT2D eigenvalue weighted by atomic mass is 10.0. The van der Waals surface area contributed by atoms with Crippen LogP contribution in [0.4, 0.5) is 0 Å². The molecule has 0 bridgehead atoms.